The largest absolute Gasteiger partial charge is 0.477 e. The van der Waals surface area contributed by atoms with E-state index in [1.54, 1.807) is 6.20 Å². The first-order valence-electron chi connectivity index (χ1n) is 7.93. The minimum absolute atomic E-state index is 0.0624. The van der Waals surface area contributed by atoms with Crippen molar-refractivity contribution in [2.24, 2.45) is 4.99 Å². The number of nitrogens with zero attached hydrogens (tertiary/aromatic N) is 2. The highest BCUT2D eigenvalue weighted by Crippen LogP contribution is 2.26. The van der Waals surface area contributed by atoms with Crippen LogP contribution < -0.4 is 10.1 Å². The van der Waals surface area contributed by atoms with Crippen molar-refractivity contribution in [2.45, 2.75) is 25.8 Å². The Kier molecular flexibility index (Phi) is 5.13. The monoisotopic (exact) mass is 329 g/mol. The van der Waals surface area contributed by atoms with Crippen LogP contribution in [0.4, 0.5) is 0 Å². The zero-order valence-electron chi connectivity index (χ0n) is 13.1. The maximum atomic E-state index is 6.07. The van der Waals surface area contributed by atoms with Gasteiger partial charge in [-0.3, -0.25) is 4.99 Å². The molecule has 0 amide bonds. The van der Waals surface area contributed by atoms with Gasteiger partial charge in [-0.25, -0.2) is 4.98 Å². The Morgan fingerprint density at radius 3 is 3.04 bits per heavy atom. The van der Waals surface area contributed by atoms with Crippen LogP contribution in [0.25, 0.3) is 0 Å². The molecule has 1 aromatic heterocycles. The molecular formula is C18H20ClN3O. The highest BCUT2D eigenvalue weighted by molar-refractivity contribution is 6.30. The molecule has 1 N–H and O–H groups in total. The lowest BCUT2D eigenvalue weighted by molar-refractivity contribution is 0.297. The van der Waals surface area contributed by atoms with Crippen LogP contribution in [0.15, 0.2) is 47.6 Å². The van der Waals surface area contributed by atoms with Crippen LogP contribution in [0.5, 0.6) is 5.88 Å². The van der Waals surface area contributed by atoms with Gasteiger partial charge >= 0.3 is 0 Å². The molecule has 5 heteroatoms. The zero-order chi connectivity index (χ0) is 16.1. The number of halogens is 1. The third-order valence-electron chi connectivity index (χ3n) is 3.74. The van der Waals surface area contributed by atoms with Gasteiger partial charge < -0.3 is 10.1 Å². The second-order valence-electron chi connectivity index (χ2n) is 5.49. The van der Waals surface area contributed by atoms with Crippen LogP contribution in [0.2, 0.25) is 5.02 Å². The number of aliphatic imine (C=N–C) groups is 1. The summed E-state index contributed by atoms with van der Waals surface area (Å²) >= 11 is 6.07. The number of nitrogens with one attached hydrogen (secondary N) is 1. The van der Waals surface area contributed by atoms with E-state index >= 15 is 0 Å². The molecule has 0 radical (unpaired) electrons. The molecule has 1 aliphatic heterocycles. The number of benzene rings is 1. The summed E-state index contributed by atoms with van der Waals surface area (Å²) in [6, 6.07) is 11.8. The fourth-order valence-electron chi connectivity index (χ4n) is 2.51. The van der Waals surface area contributed by atoms with Crippen molar-refractivity contribution in [1.29, 1.82) is 0 Å². The number of rotatable bonds is 6. The van der Waals surface area contributed by atoms with E-state index in [2.05, 4.69) is 17.2 Å². The second kappa shape index (κ2) is 7.47. The topological polar surface area (TPSA) is 46.5 Å². The summed E-state index contributed by atoms with van der Waals surface area (Å²) < 4.78 is 5.80. The Hall–Kier alpha value is -2.07. The molecule has 3 rings (SSSR count). The molecule has 23 heavy (non-hydrogen) atoms. The molecule has 2 aromatic rings. The van der Waals surface area contributed by atoms with Gasteiger partial charge in [-0.2, -0.15) is 0 Å². The molecule has 0 bridgehead atoms. The van der Waals surface area contributed by atoms with E-state index in [9.17, 15) is 0 Å². The predicted octanol–water partition coefficient (Wildman–Crippen LogP) is 4.01. The Labute approximate surface area is 141 Å². The lowest BCUT2D eigenvalue weighted by atomic mass is 10.1. The Bertz CT molecular complexity index is 702. The van der Waals surface area contributed by atoms with Gasteiger partial charge in [-0.05, 0) is 36.2 Å². The quantitative estimate of drug-likeness (QED) is 0.815. The second-order valence-corrected chi connectivity index (χ2v) is 5.92. The predicted molar refractivity (Wildman–Crippen MR) is 93.4 cm³/mol. The number of hydrogen-bond donors (Lipinski definition) is 1. The minimum atomic E-state index is 0.0624. The molecular weight excluding hydrogens is 310 g/mol. The highest BCUT2D eigenvalue weighted by atomic mass is 35.5. The number of hydrogen-bond acceptors (Lipinski definition) is 4. The Morgan fingerprint density at radius 1 is 1.30 bits per heavy atom. The van der Waals surface area contributed by atoms with Gasteiger partial charge in [0.15, 0.2) is 0 Å². The van der Waals surface area contributed by atoms with Crippen molar-refractivity contribution in [1.82, 2.24) is 10.3 Å². The highest BCUT2D eigenvalue weighted by Gasteiger charge is 2.22. The van der Waals surface area contributed by atoms with E-state index in [0.29, 0.717) is 12.5 Å². The van der Waals surface area contributed by atoms with Gasteiger partial charge in [-0.15, -0.1) is 0 Å². The van der Waals surface area contributed by atoms with Gasteiger partial charge in [-0.1, -0.05) is 37.1 Å². The maximum Gasteiger partial charge on any atom is 0.224 e. The summed E-state index contributed by atoms with van der Waals surface area (Å²) in [6.45, 7) is 3.56. The normalized spacial score (nSPS) is 16.8. The van der Waals surface area contributed by atoms with E-state index in [4.69, 9.17) is 21.3 Å². The van der Waals surface area contributed by atoms with Crippen LogP contribution in [0.1, 0.15) is 36.9 Å². The molecule has 0 saturated carbocycles. The third kappa shape index (κ3) is 3.82. The van der Waals surface area contributed by atoms with E-state index in [-0.39, 0.29) is 6.04 Å². The lowest BCUT2D eigenvalue weighted by Gasteiger charge is -2.09. The van der Waals surface area contributed by atoms with Gasteiger partial charge in [0.1, 0.15) is 5.84 Å². The third-order valence-corrected chi connectivity index (χ3v) is 3.98. The zero-order valence-corrected chi connectivity index (χ0v) is 13.9. The first kappa shape index (κ1) is 15.8. The van der Waals surface area contributed by atoms with Crippen molar-refractivity contribution >= 4 is 17.4 Å². The number of ether oxygens (including phenoxy) is 1. The van der Waals surface area contributed by atoms with Crippen molar-refractivity contribution < 1.29 is 4.74 Å². The van der Waals surface area contributed by atoms with E-state index in [1.165, 1.54) is 0 Å². The van der Waals surface area contributed by atoms with E-state index in [0.717, 1.165) is 41.4 Å². The minimum Gasteiger partial charge on any atom is -0.477 e. The molecule has 0 saturated heterocycles. The molecule has 1 unspecified atom stereocenters. The Morgan fingerprint density at radius 2 is 2.22 bits per heavy atom. The summed E-state index contributed by atoms with van der Waals surface area (Å²) in [4.78, 5) is 9.13. The van der Waals surface area contributed by atoms with E-state index < -0.39 is 0 Å². The van der Waals surface area contributed by atoms with Crippen LogP contribution in [-0.2, 0) is 0 Å². The summed E-state index contributed by atoms with van der Waals surface area (Å²) in [6.07, 6.45) is 3.86. The summed E-state index contributed by atoms with van der Waals surface area (Å²) in [5, 5.41) is 4.09. The Balaban J connectivity index is 1.81. The van der Waals surface area contributed by atoms with Crippen LogP contribution >= 0.6 is 11.6 Å². The molecule has 120 valence electrons. The SMILES string of the molecule is CCCCOc1ncccc1C1=NC(c2cccc(Cl)c2)CN1. The van der Waals surface area contributed by atoms with Crippen LogP contribution in [-0.4, -0.2) is 24.0 Å². The summed E-state index contributed by atoms with van der Waals surface area (Å²) in [5.41, 5.74) is 2.02. The standard InChI is InChI=1S/C18H20ClN3O/c1-2-3-10-23-18-15(8-5-9-20-18)17-21-12-16(22-17)13-6-4-7-14(19)11-13/h4-9,11,16H,2-3,10,12H2,1H3,(H,21,22). The molecule has 1 aromatic carbocycles. The van der Waals surface area contributed by atoms with Crippen molar-refractivity contribution in [3.63, 3.8) is 0 Å². The molecule has 4 nitrogen and oxygen atoms in total. The fourth-order valence-corrected chi connectivity index (χ4v) is 2.71. The first-order chi connectivity index (χ1) is 11.3. The summed E-state index contributed by atoms with van der Waals surface area (Å²) in [5.74, 6) is 1.47. The van der Waals surface area contributed by atoms with Crippen molar-refractivity contribution in [2.75, 3.05) is 13.2 Å². The first-order valence-corrected chi connectivity index (χ1v) is 8.31. The molecule has 0 fully saturated rings. The molecule has 1 aliphatic rings. The molecule has 2 heterocycles. The van der Waals surface area contributed by atoms with Crippen molar-refractivity contribution in [3.05, 3.63) is 58.7 Å². The summed E-state index contributed by atoms with van der Waals surface area (Å²) in [7, 11) is 0. The van der Waals surface area contributed by atoms with Crippen LogP contribution in [0, 0.1) is 0 Å². The van der Waals surface area contributed by atoms with E-state index in [1.807, 2.05) is 36.4 Å². The lowest BCUT2D eigenvalue weighted by Crippen LogP contribution is -2.21. The molecule has 1 atom stereocenters. The van der Waals surface area contributed by atoms with Gasteiger partial charge in [0.05, 0.1) is 18.2 Å². The maximum absolute atomic E-state index is 6.07. The number of pyridine rings is 1. The molecule has 0 spiro atoms. The number of aromatic nitrogens is 1. The average molecular weight is 330 g/mol. The van der Waals surface area contributed by atoms with Gasteiger partial charge in [0.2, 0.25) is 5.88 Å². The number of amidine groups is 1. The van der Waals surface area contributed by atoms with Gasteiger partial charge in [0, 0.05) is 17.8 Å². The number of unbranched alkanes of at least 4 members (excludes halogenated alkanes) is 1. The smallest absolute Gasteiger partial charge is 0.224 e. The average Bonchev–Trinajstić information content (AvgIpc) is 3.05. The van der Waals surface area contributed by atoms with Gasteiger partial charge in [0.25, 0.3) is 0 Å². The fraction of sp³-hybridized carbons (Fsp3) is 0.333. The van der Waals surface area contributed by atoms with Crippen LogP contribution in [0.3, 0.4) is 0 Å². The van der Waals surface area contributed by atoms with Crippen molar-refractivity contribution in [3.8, 4) is 5.88 Å². The molecule has 0 aliphatic carbocycles.